The van der Waals surface area contributed by atoms with Crippen LogP contribution >= 0.6 is 11.6 Å². The van der Waals surface area contributed by atoms with Gasteiger partial charge in [-0.15, -0.1) is 0 Å². The number of rotatable bonds is 3. The summed E-state index contributed by atoms with van der Waals surface area (Å²) in [6, 6.07) is 17.1. The van der Waals surface area contributed by atoms with Crippen molar-refractivity contribution in [2.24, 2.45) is 0 Å². The first-order valence-corrected chi connectivity index (χ1v) is 6.09. The fourth-order valence-corrected chi connectivity index (χ4v) is 1.94. The molecule has 0 bridgehead atoms. The highest BCUT2D eigenvalue weighted by molar-refractivity contribution is 6.33. The Balaban J connectivity index is 2.50. The molecule has 0 atom stereocenters. The molecule has 2 rings (SSSR count). The molecule has 2 aromatic rings. The van der Waals surface area contributed by atoms with Gasteiger partial charge in [0.2, 0.25) is 0 Å². The molecule has 0 spiro atoms. The Hall–Kier alpha value is -1.86. The van der Waals surface area contributed by atoms with Crippen molar-refractivity contribution < 1.29 is 4.79 Å². The fraction of sp³-hybridized carbons (Fsp3) is 0.0625. The second kappa shape index (κ2) is 5.65. The lowest BCUT2D eigenvalue weighted by molar-refractivity contribution is -0.111. The zero-order valence-corrected chi connectivity index (χ0v) is 10.8. The van der Waals surface area contributed by atoms with Crippen LogP contribution in [0.25, 0.3) is 11.6 Å². The van der Waals surface area contributed by atoms with Crippen molar-refractivity contribution in [2.45, 2.75) is 6.92 Å². The van der Waals surface area contributed by atoms with E-state index in [4.69, 9.17) is 11.6 Å². The largest absolute Gasteiger partial charge is 0.294 e. The number of carbonyl (C=O) groups is 1. The van der Waals surface area contributed by atoms with Gasteiger partial charge < -0.3 is 0 Å². The zero-order valence-electron chi connectivity index (χ0n) is 10.1. The summed E-state index contributed by atoms with van der Waals surface area (Å²) in [5, 5.41) is 0.646. The van der Waals surface area contributed by atoms with Gasteiger partial charge in [0.25, 0.3) is 0 Å². The minimum Gasteiger partial charge on any atom is -0.294 e. The van der Waals surface area contributed by atoms with Crippen LogP contribution in [0.15, 0.2) is 54.6 Å². The van der Waals surface area contributed by atoms with Crippen molar-refractivity contribution in [3.8, 4) is 0 Å². The van der Waals surface area contributed by atoms with E-state index in [-0.39, 0.29) is 5.78 Å². The van der Waals surface area contributed by atoms with Crippen molar-refractivity contribution in [1.29, 1.82) is 0 Å². The van der Waals surface area contributed by atoms with Crippen LogP contribution in [0.3, 0.4) is 0 Å². The zero-order chi connectivity index (χ0) is 13.0. The van der Waals surface area contributed by atoms with E-state index in [1.807, 2.05) is 60.7 Å². The van der Waals surface area contributed by atoms with Crippen LogP contribution in [0, 0.1) is 0 Å². The number of benzene rings is 2. The number of carbonyl (C=O) groups excluding carboxylic acids is 1. The molecule has 0 heterocycles. The number of hydrogen-bond donors (Lipinski definition) is 0. The van der Waals surface area contributed by atoms with Crippen molar-refractivity contribution >= 4 is 29.0 Å². The molecule has 0 unspecified atom stereocenters. The number of ketones is 1. The lowest BCUT2D eigenvalue weighted by Crippen LogP contribution is -1.95. The number of allylic oxidation sites excluding steroid dienone is 1. The van der Waals surface area contributed by atoms with E-state index >= 15 is 0 Å². The summed E-state index contributed by atoms with van der Waals surface area (Å²) in [4.78, 5) is 11.7. The predicted molar refractivity (Wildman–Crippen MR) is 76.4 cm³/mol. The topological polar surface area (TPSA) is 17.1 Å². The first-order valence-electron chi connectivity index (χ1n) is 5.71. The molecule has 2 aromatic carbocycles. The first kappa shape index (κ1) is 12.6. The number of halogens is 1. The maximum Gasteiger partial charge on any atom is 0.160 e. The molecule has 0 N–H and O–H groups in total. The van der Waals surface area contributed by atoms with Gasteiger partial charge in [-0.2, -0.15) is 0 Å². The highest BCUT2D eigenvalue weighted by Gasteiger charge is 2.07. The third-order valence-corrected chi connectivity index (χ3v) is 3.01. The minimum absolute atomic E-state index is 0.0288. The van der Waals surface area contributed by atoms with E-state index in [2.05, 4.69) is 0 Å². The van der Waals surface area contributed by atoms with Gasteiger partial charge in [0.1, 0.15) is 0 Å². The molecule has 0 saturated heterocycles. The molecule has 90 valence electrons. The fourth-order valence-electron chi connectivity index (χ4n) is 1.75. The Morgan fingerprint density at radius 1 is 1.00 bits per heavy atom. The molecular formula is C16H13ClO. The standard InChI is InChI=1S/C16H13ClO/c1-12(18)15(13-7-3-2-4-8-13)11-14-9-5-6-10-16(14)17/h2-11H,1H3/b15-11-. The monoisotopic (exact) mass is 256 g/mol. The van der Waals surface area contributed by atoms with Crippen LogP contribution < -0.4 is 0 Å². The van der Waals surface area contributed by atoms with Crippen molar-refractivity contribution in [3.63, 3.8) is 0 Å². The Morgan fingerprint density at radius 3 is 2.22 bits per heavy atom. The van der Waals surface area contributed by atoms with Gasteiger partial charge in [0.05, 0.1) is 0 Å². The highest BCUT2D eigenvalue weighted by atomic mass is 35.5. The van der Waals surface area contributed by atoms with E-state index in [9.17, 15) is 4.79 Å². The van der Waals surface area contributed by atoms with Gasteiger partial charge in [0, 0.05) is 10.6 Å². The van der Waals surface area contributed by atoms with E-state index in [0.29, 0.717) is 10.6 Å². The van der Waals surface area contributed by atoms with Gasteiger partial charge >= 0.3 is 0 Å². The smallest absolute Gasteiger partial charge is 0.160 e. The number of hydrogen-bond acceptors (Lipinski definition) is 1. The summed E-state index contributed by atoms with van der Waals surface area (Å²) in [5.41, 5.74) is 2.43. The molecule has 0 fully saturated rings. The molecule has 0 aliphatic heterocycles. The Kier molecular flexibility index (Phi) is 3.96. The minimum atomic E-state index is 0.0288. The van der Waals surface area contributed by atoms with Gasteiger partial charge in [-0.3, -0.25) is 4.79 Å². The van der Waals surface area contributed by atoms with Crippen molar-refractivity contribution in [2.75, 3.05) is 0 Å². The van der Waals surface area contributed by atoms with Crippen LogP contribution in [0.1, 0.15) is 18.1 Å². The summed E-state index contributed by atoms with van der Waals surface area (Å²) in [6.07, 6.45) is 1.83. The molecule has 2 heteroatoms. The van der Waals surface area contributed by atoms with E-state index in [1.54, 1.807) is 6.92 Å². The molecule has 0 saturated carbocycles. The Bertz CT molecular complexity index is 585. The average molecular weight is 257 g/mol. The Labute approximate surface area is 112 Å². The summed E-state index contributed by atoms with van der Waals surface area (Å²) in [6.45, 7) is 1.57. The Morgan fingerprint density at radius 2 is 1.61 bits per heavy atom. The average Bonchev–Trinajstić information content (AvgIpc) is 2.38. The third-order valence-electron chi connectivity index (χ3n) is 2.67. The summed E-state index contributed by atoms with van der Waals surface area (Å²) >= 11 is 6.10. The second-order valence-electron chi connectivity index (χ2n) is 4.00. The molecule has 0 aromatic heterocycles. The summed E-state index contributed by atoms with van der Waals surface area (Å²) in [5.74, 6) is 0.0288. The van der Waals surface area contributed by atoms with Gasteiger partial charge in [-0.25, -0.2) is 0 Å². The lowest BCUT2D eigenvalue weighted by atomic mass is 10.00. The molecule has 0 amide bonds. The third kappa shape index (κ3) is 2.88. The molecule has 0 radical (unpaired) electrons. The van der Waals surface area contributed by atoms with Gasteiger partial charge in [-0.1, -0.05) is 60.1 Å². The SMILES string of the molecule is CC(=O)/C(=C/c1ccccc1Cl)c1ccccc1. The van der Waals surface area contributed by atoms with E-state index in [0.717, 1.165) is 11.1 Å². The number of Topliss-reactive ketones (excluding diaryl/α,β-unsaturated/α-hetero) is 1. The van der Waals surface area contributed by atoms with Crippen molar-refractivity contribution in [3.05, 3.63) is 70.7 Å². The molecule has 1 nitrogen and oxygen atoms in total. The molecule has 0 aliphatic carbocycles. The second-order valence-corrected chi connectivity index (χ2v) is 4.41. The van der Waals surface area contributed by atoms with Gasteiger partial charge in [0.15, 0.2) is 5.78 Å². The lowest BCUT2D eigenvalue weighted by Gasteiger charge is -2.05. The predicted octanol–water partition coefficient (Wildman–Crippen LogP) is 4.47. The van der Waals surface area contributed by atoms with Crippen molar-refractivity contribution in [1.82, 2.24) is 0 Å². The maximum absolute atomic E-state index is 11.7. The van der Waals surface area contributed by atoms with Gasteiger partial charge in [-0.05, 0) is 30.2 Å². The van der Waals surface area contributed by atoms with E-state index < -0.39 is 0 Å². The van der Waals surface area contributed by atoms with Crippen LogP contribution in [0.2, 0.25) is 5.02 Å². The van der Waals surface area contributed by atoms with Crippen LogP contribution in [0.5, 0.6) is 0 Å². The van der Waals surface area contributed by atoms with E-state index in [1.165, 1.54) is 0 Å². The molecular weight excluding hydrogens is 244 g/mol. The van der Waals surface area contributed by atoms with Crippen LogP contribution in [-0.4, -0.2) is 5.78 Å². The van der Waals surface area contributed by atoms with Crippen LogP contribution in [-0.2, 0) is 4.79 Å². The summed E-state index contributed by atoms with van der Waals surface area (Å²) in [7, 11) is 0. The maximum atomic E-state index is 11.7. The normalized spacial score (nSPS) is 11.3. The molecule has 0 aliphatic rings. The van der Waals surface area contributed by atoms with Crippen LogP contribution in [0.4, 0.5) is 0 Å². The highest BCUT2D eigenvalue weighted by Crippen LogP contribution is 2.23. The quantitative estimate of drug-likeness (QED) is 0.585. The molecule has 18 heavy (non-hydrogen) atoms. The summed E-state index contributed by atoms with van der Waals surface area (Å²) < 4.78 is 0. The first-order chi connectivity index (χ1) is 8.68.